The van der Waals surface area contributed by atoms with Gasteiger partial charge in [0.1, 0.15) is 0 Å². The Balaban J connectivity index is 0.000000640. The van der Waals surface area contributed by atoms with Crippen molar-refractivity contribution in [2.45, 2.75) is 71.6 Å². The Morgan fingerprint density at radius 2 is 0.750 bits per heavy atom. The zero-order valence-corrected chi connectivity index (χ0v) is 9.96. The van der Waals surface area contributed by atoms with E-state index >= 15 is 0 Å². The summed E-state index contributed by atoms with van der Waals surface area (Å²) in [5, 5.41) is 0. The number of hydrogen-bond acceptors (Lipinski definition) is 0. The summed E-state index contributed by atoms with van der Waals surface area (Å²) in [6, 6.07) is 0. The first kappa shape index (κ1) is 14.1. The van der Waals surface area contributed by atoms with Crippen LogP contribution in [-0.4, -0.2) is 8.41 Å². The van der Waals surface area contributed by atoms with E-state index in [4.69, 9.17) is 0 Å². The molecule has 3 aliphatic rings. The van der Waals surface area contributed by atoms with Gasteiger partial charge in [-0.15, -0.1) is 0 Å². The van der Waals surface area contributed by atoms with Gasteiger partial charge in [0.15, 0.2) is 0 Å². The topological polar surface area (TPSA) is 0 Å². The molecule has 3 radical (unpaired) electrons. The molecule has 3 fully saturated rings. The van der Waals surface area contributed by atoms with Gasteiger partial charge in [-0.2, -0.15) is 0 Å². The first-order valence-electron chi connectivity index (χ1n) is 6.93. The molecule has 0 N–H and O–H groups in total. The molecule has 0 heterocycles. The Morgan fingerprint density at radius 1 is 0.500 bits per heavy atom. The maximum atomic E-state index is 1.62. The highest BCUT2D eigenvalue weighted by atomic mass is 14.4. The zero-order chi connectivity index (χ0) is 9.38. The lowest BCUT2D eigenvalue weighted by atomic mass is 9.60. The molecule has 0 bridgehead atoms. The van der Waals surface area contributed by atoms with Crippen molar-refractivity contribution in [2.75, 3.05) is 0 Å². The van der Waals surface area contributed by atoms with Gasteiger partial charge in [0.25, 0.3) is 0 Å². The maximum Gasteiger partial charge on any atom is 0 e. The number of hydrogen-bond donors (Lipinski definition) is 0. The van der Waals surface area contributed by atoms with Crippen molar-refractivity contribution in [1.82, 2.24) is 0 Å². The van der Waals surface area contributed by atoms with E-state index in [0.717, 1.165) is 23.7 Å². The molecule has 1 heteroatoms. The van der Waals surface area contributed by atoms with Crippen LogP contribution in [0.2, 0.25) is 0 Å². The van der Waals surface area contributed by atoms with E-state index in [1.807, 2.05) is 0 Å². The summed E-state index contributed by atoms with van der Waals surface area (Å²) in [7, 11) is 0. The van der Waals surface area contributed by atoms with Crippen LogP contribution in [0.25, 0.3) is 0 Å². The Bertz CT molecular complexity index is 160. The predicted molar refractivity (Wildman–Crippen MR) is 72.6 cm³/mol. The Kier molecular flexibility index (Phi) is 5.40. The molecule has 3 rings (SSSR count). The Labute approximate surface area is 104 Å². The number of fused-ring (bicyclic) bond motifs is 2. The first-order chi connectivity index (χ1) is 6.93. The molecule has 0 aromatic carbocycles. The van der Waals surface area contributed by atoms with Gasteiger partial charge in [0, 0.05) is 8.41 Å². The van der Waals surface area contributed by atoms with Gasteiger partial charge >= 0.3 is 0 Å². The molecule has 91 valence electrons. The second kappa shape index (κ2) is 6.12. The van der Waals surface area contributed by atoms with E-state index in [2.05, 4.69) is 0 Å². The predicted octanol–water partition coefficient (Wildman–Crippen LogP) is 4.65. The molecule has 3 saturated carbocycles. The molecule has 0 saturated heterocycles. The Hall–Kier alpha value is 0.0649. The second-order valence-corrected chi connectivity index (χ2v) is 6.08. The van der Waals surface area contributed by atoms with Crippen LogP contribution in [0.15, 0.2) is 0 Å². The molecule has 16 heavy (non-hydrogen) atoms. The van der Waals surface area contributed by atoms with Gasteiger partial charge in [0.2, 0.25) is 0 Å². The van der Waals surface area contributed by atoms with E-state index in [1.54, 1.807) is 64.2 Å². The van der Waals surface area contributed by atoms with Crippen LogP contribution in [0.1, 0.15) is 71.6 Å². The second-order valence-electron chi connectivity index (χ2n) is 6.08. The van der Waals surface area contributed by atoms with Crippen molar-refractivity contribution < 1.29 is 0 Å². The monoisotopic (exact) mass is 219 g/mol. The molecule has 4 atom stereocenters. The molecular formula is C15H28B. The van der Waals surface area contributed by atoms with Gasteiger partial charge in [-0.1, -0.05) is 58.8 Å². The largest absolute Gasteiger partial charge is 0.0776 e. The van der Waals surface area contributed by atoms with Crippen molar-refractivity contribution in [3.63, 3.8) is 0 Å². The smallest absolute Gasteiger partial charge is 0 e. The van der Waals surface area contributed by atoms with Crippen LogP contribution in [0.5, 0.6) is 0 Å². The standard InChI is InChI=1S/C14H24.CH4.B/c1-2-6-12-10-14-8-4-3-7-13(14)9-11(12)5-1;;/h11-14H,1-10H2;1H4;. The minimum atomic E-state index is 0. The summed E-state index contributed by atoms with van der Waals surface area (Å²) in [5.41, 5.74) is 0. The molecule has 0 aromatic rings. The average molecular weight is 219 g/mol. The van der Waals surface area contributed by atoms with Gasteiger partial charge in [-0.05, 0) is 36.5 Å². The van der Waals surface area contributed by atoms with Crippen LogP contribution >= 0.6 is 0 Å². The summed E-state index contributed by atoms with van der Waals surface area (Å²) in [4.78, 5) is 0. The van der Waals surface area contributed by atoms with E-state index in [0.29, 0.717) is 0 Å². The van der Waals surface area contributed by atoms with Crippen LogP contribution in [0.4, 0.5) is 0 Å². The van der Waals surface area contributed by atoms with E-state index in [9.17, 15) is 0 Å². The molecular weight excluding hydrogens is 191 g/mol. The average Bonchev–Trinajstić information content (AvgIpc) is 2.26. The quantitative estimate of drug-likeness (QED) is 0.520. The Morgan fingerprint density at radius 3 is 1.00 bits per heavy atom. The van der Waals surface area contributed by atoms with Crippen LogP contribution in [-0.2, 0) is 0 Å². The molecule has 0 spiro atoms. The summed E-state index contributed by atoms with van der Waals surface area (Å²) >= 11 is 0. The van der Waals surface area contributed by atoms with Gasteiger partial charge in [0.05, 0.1) is 0 Å². The lowest BCUT2D eigenvalue weighted by Crippen LogP contribution is -2.35. The minimum absolute atomic E-state index is 0. The highest BCUT2D eigenvalue weighted by Gasteiger charge is 2.38. The third kappa shape index (κ3) is 2.66. The van der Waals surface area contributed by atoms with Crippen molar-refractivity contribution in [1.29, 1.82) is 0 Å². The van der Waals surface area contributed by atoms with Crippen molar-refractivity contribution in [3.8, 4) is 0 Å². The van der Waals surface area contributed by atoms with Crippen molar-refractivity contribution in [3.05, 3.63) is 0 Å². The van der Waals surface area contributed by atoms with Gasteiger partial charge < -0.3 is 0 Å². The molecule has 4 unspecified atom stereocenters. The minimum Gasteiger partial charge on any atom is -0.0776 e. The molecule has 0 aliphatic heterocycles. The van der Waals surface area contributed by atoms with E-state index in [1.165, 1.54) is 0 Å². The first-order valence-corrected chi connectivity index (χ1v) is 6.93. The fourth-order valence-electron chi connectivity index (χ4n) is 4.59. The third-order valence-electron chi connectivity index (χ3n) is 5.34. The van der Waals surface area contributed by atoms with Crippen molar-refractivity contribution in [2.24, 2.45) is 23.7 Å². The normalized spacial score (nSPS) is 42.0. The zero-order valence-electron chi connectivity index (χ0n) is 9.96. The summed E-state index contributed by atoms with van der Waals surface area (Å²) in [6.07, 6.45) is 15.7. The molecule has 0 aromatic heterocycles. The lowest BCUT2D eigenvalue weighted by Gasteiger charge is -2.46. The lowest BCUT2D eigenvalue weighted by molar-refractivity contribution is 0.0520. The summed E-state index contributed by atoms with van der Waals surface area (Å²) in [6.45, 7) is 0. The maximum absolute atomic E-state index is 1.62. The fourth-order valence-corrected chi connectivity index (χ4v) is 4.59. The highest BCUT2D eigenvalue weighted by molar-refractivity contribution is 5.75. The third-order valence-corrected chi connectivity index (χ3v) is 5.34. The molecule has 3 aliphatic carbocycles. The van der Waals surface area contributed by atoms with Gasteiger partial charge in [-0.25, -0.2) is 0 Å². The molecule has 0 amide bonds. The number of rotatable bonds is 0. The summed E-state index contributed by atoms with van der Waals surface area (Å²) in [5.74, 6) is 4.62. The van der Waals surface area contributed by atoms with E-state index < -0.39 is 0 Å². The van der Waals surface area contributed by atoms with Crippen LogP contribution in [0, 0.1) is 23.7 Å². The van der Waals surface area contributed by atoms with Crippen molar-refractivity contribution >= 4 is 8.41 Å². The molecule has 0 nitrogen and oxygen atoms in total. The SMILES string of the molecule is C.C1CCC2CC3CCCCC3CC2C1.[B]. The van der Waals surface area contributed by atoms with Crippen LogP contribution in [0.3, 0.4) is 0 Å². The van der Waals surface area contributed by atoms with E-state index in [-0.39, 0.29) is 15.8 Å². The fraction of sp³-hybridized carbons (Fsp3) is 1.00. The highest BCUT2D eigenvalue weighted by Crippen LogP contribution is 2.49. The summed E-state index contributed by atoms with van der Waals surface area (Å²) < 4.78 is 0. The van der Waals surface area contributed by atoms with Gasteiger partial charge in [-0.3, -0.25) is 0 Å². The van der Waals surface area contributed by atoms with Crippen LogP contribution < -0.4 is 0 Å².